The second-order valence-corrected chi connectivity index (χ2v) is 6.34. The molecule has 1 aromatic heterocycles. The number of carbonyl (C=O) groups excluding carboxylic acids is 1. The van der Waals surface area contributed by atoms with E-state index < -0.39 is 0 Å². The molecule has 0 atom stereocenters. The molecule has 1 heterocycles. The molecule has 2 aromatic rings. The highest BCUT2D eigenvalue weighted by Gasteiger charge is 2.20. The second-order valence-electron chi connectivity index (χ2n) is 5.43. The Balaban J connectivity index is 1.41. The number of carbonyl (C=O) groups is 1. The number of hydrogen-bond acceptors (Lipinski definition) is 3. The molecule has 0 radical (unpaired) electrons. The molecular formula is C16H20N2OS. The van der Waals surface area contributed by atoms with E-state index >= 15 is 0 Å². The van der Waals surface area contributed by atoms with Gasteiger partial charge in [-0.3, -0.25) is 4.79 Å². The maximum atomic E-state index is 11.7. The lowest BCUT2D eigenvalue weighted by Crippen LogP contribution is -2.35. The van der Waals surface area contributed by atoms with E-state index in [0.29, 0.717) is 13.1 Å². The fraction of sp³-hybridized carbons (Fsp3) is 0.438. The Kier molecular flexibility index (Phi) is 4.33. The third kappa shape index (κ3) is 3.58. The summed E-state index contributed by atoms with van der Waals surface area (Å²) in [6.45, 7) is 2.15. The highest BCUT2D eigenvalue weighted by atomic mass is 32.1. The van der Waals surface area contributed by atoms with Crippen molar-refractivity contribution < 1.29 is 4.79 Å². The largest absolute Gasteiger partial charge is 0.355 e. The van der Waals surface area contributed by atoms with Gasteiger partial charge in [0.15, 0.2) is 0 Å². The zero-order chi connectivity index (χ0) is 13.8. The van der Waals surface area contributed by atoms with Gasteiger partial charge in [-0.1, -0.05) is 18.2 Å². The number of nitrogens with one attached hydrogen (secondary N) is 2. The lowest BCUT2D eigenvalue weighted by molar-refractivity contribution is -0.120. The first-order chi connectivity index (χ1) is 9.83. The Morgan fingerprint density at radius 2 is 2.15 bits per heavy atom. The second kappa shape index (κ2) is 6.37. The van der Waals surface area contributed by atoms with Crippen molar-refractivity contribution >= 4 is 27.3 Å². The molecule has 1 saturated carbocycles. The van der Waals surface area contributed by atoms with Gasteiger partial charge in [0.1, 0.15) is 0 Å². The van der Waals surface area contributed by atoms with Crippen molar-refractivity contribution in [3.8, 4) is 0 Å². The summed E-state index contributed by atoms with van der Waals surface area (Å²) in [4.78, 5) is 11.7. The van der Waals surface area contributed by atoms with Crippen LogP contribution in [0.25, 0.3) is 10.1 Å². The van der Waals surface area contributed by atoms with E-state index in [2.05, 4.69) is 40.3 Å². The van der Waals surface area contributed by atoms with Gasteiger partial charge in [-0.05, 0) is 54.1 Å². The van der Waals surface area contributed by atoms with Crippen molar-refractivity contribution in [1.29, 1.82) is 0 Å². The van der Waals surface area contributed by atoms with E-state index in [9.17, 15) is 4.79 Å². The first-order valence-corrected chi connectivity index (χ1v) is 8.13. The van der Waals surface area contributed by atoms with Crippen LogP contribution in [0.2, 0.25) is 0 Å². The molecule has 0 unspecified atom stereocenters. The maximum absolute atomic E-state index is 11.7. The summed E-state index contributed by atoms with van der Waals surface area (Å²) in [7, 11) is 0. The standard InChI is InChI=1S/C16H20N2OS/c19-16(10-17-9-12-5-6-12)18-8-7-13-11-20-15-4-2-1-3-14(13)15/h1-4,11-12,17H,5-10H2,(H,18,19). The first kappa shape index (κ1) is 13.6. The number of benzene rings is 1. The van der Waals surface area contributed by atoms with Crippen LogP contribution in [0.1, 0.15) is 18.4 Å². The maximum Gasteiger partial charge on any atom is 0.233 e. The topological polar surface area (TPSA) is 41.1 Å². The first-order valence-electron chi connectivity index (χ1n) is 7.25. The average molecular weight is 288 g/mol. The van der Waals surface area contributed by atoms with Gasteiger partial charge in [0.25, 0.3) is 0 Å². The third-order valence-electron chi connectivity index (χ3n) is 3.69. The highest BCUT2D eigenvalue weighted by Crippen LogP contribution is 2.27. The van der Waals surface area contributed by atoms with Crippen LogP contribution in [-0.2, 0) is 11.2 Å². The number of fused-ring (bicyclic) bond motifs is 1. The van der Waals surface area contributed by atoms with Gasteiger partial charge in [0.2, 0.25) is 5.91 Å². The van der Waals surface area contributed by atoms with Crippen LogP contribution >= 0.6 is 11.3 Å². The molecule has 3 rings (SSSR count). The Morgan fingerprint density at radius 3 is 3.00 bits per heavy atom. The Labute approximate surface area is 123 Å². The van der Waals surface area contributed by atoms with Crippen molar-refractivity contribution in [2.45, 2.75) is 19.3 Å². The van der Waals surface area contributed by atoms with Gasteiger partial charge in [0.05, 0.1) is 6.54 Å². The SMILES string of the molecule is O=C(CNCC1CC1)NCCc1csc2ccccc12. The molecule has 0 spiro atoms. The van der Waals surface area contributed by atoms with Crippen LogP contribution in [0.5, 0.6) is 0 Å². The van der Waals surface area contributed by atoms with E-state index in [1.807, 2.05) is 0 Å². The summed E-state index contributed by atoms with van der Waals surface area (Å²) in [6.07, 6.45) is 3.54. The van der Waals surface area contributed by atoms with Crippen LogP contribution < -0.4 is 10.6 Å². The van der Waals surface area contributed by atoms with E-state index in [1.165, 1.54) is 28.5 Å². The van der Waals surface area contributed by atoms with Crippen molar-refractivity contribution in [2.75, 3.05) is 19.6 Å². The molecule has 4 heteroatoms. The minimum atomic E-state index is 0.102. The zero-order valence-electron chi connectivity index (χ0n) is 11.5. The van der Waals surface area contributed by atoms with Crippen LogP contribution in [0.15, 0.2) is 29.6 Å². The van der Waals surface area contributed by atoms with E-state index in [4.69, 9.17) is 0 Å². The van der Waals surface area contributed by atoms with Gasteiger partial charge in [-0.15, -0.1) is 11.3 Å². The summed E-state index contributed by atoms with van der Waals surface area (Å²) < 4.78 is 1.32. The summed E-state index contributed by atoms with van der Waals surface area (Å²) in [6, 6.07) is 8.43. The van der Waals surface area contributed by atoms with Gasteiger partial charge in [-0.2, -0.15) is 0 Å². The molecule has 1 aliphatic carbocycles. The zero-order valence-corrected chi connectivity index (χ0v) is 12.3. The monoisotopic (exact) mass is 288 g/mol. The number of thiophene rings is 1. The van der Waals surface area contributed by atoms with Crippen molar-refractivity contribution in [3.05, 3.63) is 35.2 Å². The van der Waals surface area contributed by atoms with Crippen LogP contribution in [0.3, 0.4) is 0 Å². The minimum absolute atomic E-state index is 0.102. The van der Waals surface area contributed by atoms with Crippen LogP contribution in [0, 0.1) is 5.92 Å². The number of amides is 1. The third-order valence-corrected chi connectivity index (χ3v) is 4.71. The quantitative estimate of drug-likeness (QED) is 0.822. The van der Waals surface area contributed by atoms with Crippen LogP contribution in [0.4, 0.5) is 0 Å². The molecule has 1 aliphatic rings. The normalized spacial score (nSPS) is 14.6. The smallest absolute Gasteiger partial charge is 0.233 e. The van der Waals surface area contributed by atoms with Crippen LogP contribution in [-0.4, -0.2) is 25.5 Å². The Bertz CT molecular complexity index is 589. The molecule has 3 nitrogen and oxygen atoms in total. The fourth-order valence-electron chi connectivity index (χ4n) is 2.34. The predicted octanol–water partition coefficient (Wildman–Crippen LogP) is 2.56. The summed E-state index contributed by atoms with van der Waals surface area (Å²) >= 11 is 1.77. The van der Waals surface area contributed by atoms with Gasteiger partial charge in [0, 0.05) is 11.2 Å². The van der Waals surface area contributed by atoms with E-state index in [0.717, 1.165) is 18.9 Å². The minimum Gasteiger partial charge on any atom is -0.355 e. The summed E-state index contributed by atoms with van der Waals surface area (Å²) in [5, 5.41) is 9.71. The molecule has 106 valence electrons. The lowest BCUT2D eigenvalue weighted by Gasteiger charge is -2.06. The van der Waals surface area contributed by atoms with E-state index in [-0.39, 0.29) is 5.91 Å². The molecular weight excluding hydrogens is 268 g/mol. The lowest BCUT2D eigenvalue weighted by atomic mass is 10.1. The van der Waals surface area contributed by atoms with Gasteiger partial charge < -0.3 is 10.6 Å². The molecule has 0 aliphatic heterocycles. The highest BCUT2D eigenvalue weighted by molar-refractivity contribution is 7.17. The summed E-state index contributed by atoms with van der Waals surface area (Å²) in [5.74, 6) is 0.921. The number of rotatable bonds is 7. The molecule has 0 bridgehead atoms. The van der Waals surface area contributed by atoms with Crippen molar-refractivity contribution in [3.63, 3.8) is 0 Å². The molecule has 1 aromatic carbocycles. The molecule has 0 saturated heterocycles. The van der Waals surface area contributed by atoms with E-state index in [1.54, 1.807) is 11.3 Å². The molecule has 2 N–H and O–H groups in total. The molecule has 20 heavy (non-hydrogen) atoms. The fourth-order valence-corrected chi connectivity index (χ4v) is 3.33. The van der Waals surface area contributed by atoms with Crippen molar-refractivity contribution in [1.82, 2.24) is 10.6 Å². The molecule has 1 amide bonds. The predicted molar refractivity (Wildman–Crippen MR) is 84.1 cm³/mol. The van der Waals surface area contributed by atoms with Gasteiger partial charge >= 0.3 is 0 Å². The van der Waals surface area contributed by atoms with Gasteiger partial charge in [-0.25, -0.2) is 0 Å². The summed E-state index contributed by atoms with van der Waals surface area (Å²) in [5.41, 5.74) is 1.33. The average Bonchev–Trinajstić information content (AvgIpc) is 3.19. The van der Waals surface area contributed by atoms with Crippen molar-refractivity contribution in [2.24, 2.45) is 5.92 Å². The Morgan fingerprint density at radius 1 is 1.30 bits per heavy atom. The number of hydrogen-bond donors (Lipinski definition) is 2. The molecule has 1 fully saturated rings. The Hall–Kier alpha value is -1.39.